The Bertz CT molecular complexity index is 705. The van der Waals surface area contributed by atoms with E-state index in [0.717, 1.165) is 25.1 Å². The molecule has 1 saturated carbocycles. The summed E-state index contributed by atoms with van der Waals surface area (Å²) in [6.07, 6.45) is 6.07. The van der Waals surface area contributed by atoms with Gasteiger partial charge in [-0.25, -0.2) is 4.68 Å². The summed E-state index contributed by atoms with van der Waals surface area (Å²) in [5.41, 5.74) is 2.27. The normalized spacial score (nSPS) is 19.9. The maximum Gasteiger partial charge on any atom is 0.244 e. The summed E-state index contributed by atoms with van der Waals surface area (Å²) in [6.45, 7) is 2.33. The number of amides is 1. The number of hydrogen-bond donors (Lipinski definition) is 0. The molecule has 1 aromatic carbocycles. The minimum absolute atomic E-state index is 0.0960. The highest BCUT2D eigenvalue weighted by Crippen LogP contribution is 2.38. The molecule has 4 rings (SSSR count). The third kappa shape index (κ3) is 4.07. The van der Waals surface area contributed by atoms with Gasteiger partial charge in [0.1, 0.15) is 6.54 Å². The maximum atomic E-state index is 12.9. The molecule has 1 aliphatic heterocycles. The Balaban J connectivity index is 1.41. The van der Waals surface area contributed by atoms with E-state index in [0.29, 0.717) is 19.1 Å². The van der Waals surface area contributed by atoms with Gasteiger partial charge in [0.05, 0.1) is 18.3 Å². The fourth-order valence-corrected chi connectivity index (χ4v) is 3.36. The van der Waals surface area contributed by atoms with Crippen LogP contribution in [0.15, 0.2) is 36.5 Å². The highest BCUT2D eigenvalue weighted by Gasteiger charge is 2.29. The first kappa shape index (κ1) is 16.3. The lowest BCUT2D eigenvalue weighted by atomic mass is 10.1. The molecule has 1 amide bonds. The van der Waals surface area contributed by atoms with Gasteiger partial charge in [0.25, 0.3) is 0 Å². The number of carbonyl (C=O) groups is 1. The average molecular weight is 340 g/mol. The Labute approximate surface area is 147 Å². The largest absolute Gasteiger partial charge is 0.379 e. The van der Waals surface area contributed by atoms with Crippen LogP contribution in [0.5, 0.6) is 0 Å². The topological polar surface area (TPSA) is 60.2 Å². The number of nitrogens with zero attached hydrogens (tertiary/aromatic N) is 4. The fourth-order valence-electron chi connectivity index (χ4n) is 3.36. The Kier molecular flexibility index (Phi) is 4.78. The van der Waals surface area contributed by atoms with E-state index in [1.54, 1.807) is 4.68 Å². The SMILES string of the molecule is O=C(Cn1cc(C2CC2)nn1)N(CCc1ccccc1)C1CCOC1. The van der Waals surface area contributed by atoms with E-state index >= 15 is 0 Å². The van der Waals surface area contributed by atoms with Gasteiger partial charge >= 0.3 is 0 Å². The minimum atomic E-state index is 0.0960. The maximum absolute atomic E-state index is 12.9. The molecule has 132 valence electrons. The van der Waals surface area contributed by atoms with Crippen molar-refractivity contribution in [3.05, 3.63) is 47.8 Å². The number of ether oxygens (including phenoxy) is 1. The molecule has 2 aliphatic rings. The summed E-state index contributed by atoms with van der Waals surface area (Å²) in [6, 6.07) is 10.5. The third-order valence-electron chi connectivity index (χ3n) is 5.00. The quantitative estimate of drug-likeness (QED) is 0.774. The molecule has 1 aromatic heterocycles. The van der Waals surface area contributed by atoms with E-state index in [2.05, 4.69) is 22.4 Å². The van der Waals surface area contributed by atoms with Gasteiger partial charge in [-0.15, -0.1) is 5.10 Å². The lowest BCUT2D eigenvalue weighted by Gasteiger charge is -2.28. The summed E-state index contributed by atoms with van der Waals surface area (Å²) < 4.78 is 7.19. The number of benzene rings is 1. The Morgan fingerprint density at radius 1 is 1.24 bits per heavy atom. The van der Waals surface area contributed by atoms with Crippen molar-refractivity contribution in [3.8, 4) is 0 Å². The summed E-state index contributed by atoms with van der Waals surface area (Å²) in [4.78, 5) is 14.9. The lowest BCUT2D eigenvalue weighted by molar-refractivity contribution is -0.134. The van der Waals surface area contributed by atoms with Gasteiger partial charge in [0, 0.05) is 25.3 Å². The van der Waals surface area contributed by atoms with Crippen LogP contribution in [0, 0.1) is 0 Å². The molecule has 2 heterocycles. The van der Waals surface area contributed by atoms with E-state index in [1.165, 1.54) is 18.4 Å². The van der Waals surface area contributed by atoms with Gasteiger partial charge < -0.3 is 9.64 Å². The first-order valence-electron chi connectivity index (χ1n) is 9.11. The van der Waals surface area contributed by atoms with E-state index in [9.17, 15) is 4.79 Å². The van der Waals surface area contributed by atoms with Crippen LogP contribution in [0.2, 0.25) is 0 Å². The van der Waals surface area contributed by atoms with E-state index < -0.39 is 0 Å². The van der Waals surface area contributed by atoms with Crippen LogP contribution in [-0.2, 0) is 22.5 Å². The summed E-state index contributed by atoms with van der Waals surface area (Å²) in [7, 11) is 0. The zero-order chi connectivity index (χ0) is 17.1. The molecule has 1 unspecified atom stereocenters. The molecule has 2 fully saturated rings. The molecule has 1 aliphatic carbocycles. The molecule has 0 spiro atoms. The molecule has 6 heteroatoms. The Morgan fingerprint density at radius 2 is 2.08 bits per heavy atom. The highest BCUT2D eigenvalue weighted by molar-refractivity contribution is 5.76. The number of rotatable bonds is 7. The zero-order valence-corrected chi connectivity index (χ0v) is 14.4. The predicted molar refractivity (Wildman–Crippen MR) is 93.1 cm³/mol. The average Bonchev–Trinajstić information content (AvgIpc) is 3.14. The molecule has 25 heavy (non-hydrogen) atoms. The second-order valence-corrected chi connectivity index (χ2v) is 6.96. The number of aromatic nitrogens is 3. The van der Waals surface area contributed by atoms with E-state index in [4.69, 9.17) is 4.74 Å². The second-order valence-electron chi connectivity index (χ2n) is 6.96. The molecule has 0 N–H and O–H groups in total. The van der Waals surface area contributed by atoms with Gasteiger partial charge in [0.2, 0.25) is 5.91 Å². The lowest BCUT2D eigenvalue weighted by Crippen LogP contribution is -2.43. The van der Waals surface area contributed by atoms with Crippen LogP contribution in [0.1, 0.15) is 36.4 Å². The molecule has 1 saturated heterocycles. The van der Waals surface area contributed by atoms with Crippen LogP contribution in [0.4, 0.5) is 0 Å². The molecule has 2 aromatic rings. The fraction of sp³-hybridized carbons (Fsp3) is 0.526. The van der Waals surface area contributed by atoms with Gasteiger partial charge in [-0.05, 0) is 31.2 Å². The molecule has 0 bridgehead atoms. The first-order valence-corrected chi connectivity index (χ1v) is 9.11. The second kappa shape index (κ2) is 7.35. The van der Waals surface area contributed by atoms with Crippen molar-refractivity contribution in [2.75, 3.05) is 19.8 Å². The van der Waals surface area contributed by atoms with Crippen molar-refractivity contribution >= 4 is 5.91 Å². The van der Waals surface area contributed by atoms with Crippen LogP contribution in [0.3, 0.4) is 0 Å². The monoisotopic (exact) mass is 340 g/mol. The number of hydrogen-bond acceptors (Lipinski definition) is 4. The smallest absolute Gasteiger partial charge is 0.244 e. The van der Waals surface area contributed by atoms with Crippen molar-refractivity contribution in [2.24, 2.45) is 0 Å². The third-order valence-corrected chi connectivity index (χ3v) is 5.00. The van der Waals surface area contributed by atoms with Crippen LogP contribution in [-0.4, -0.2) is 51.6 Å². The van der Waals surface area contributed by atoms with Crippen molar-refractivity contribution in [2.45, 2.75) is 44.2 Å². The van der Waals surface area contributed by atoms with E-state index in [-0.39, 0.29) is 18.5 Å². The summed E-state index contributed by atoms with van der Waals surface area (Å²) in [5.74, 6) is 0.653. The van der Waals surface area contributed by atoms with Crippen LogP contribution < -0.4 is 0 Å². The molecular formula is C19H24N4O2. The van der Waals surface area contributed by atoms with Gasteiger partial charge in [-0.1, -0.05) is 35.5 Å². The molecule has 6 nitrogen and oxygen atoms in total. The zero-order valence-electron chi connectivity index (χ0n) is 14.4. The van der Waals surface area contributed by atoms with Crippen LogP contribution >= 0.6 is 0 Å². The standard InChI is InChI=1S/C19H24N4O2/c24-19(13-22-12-18(20-21-22)16-6-7-16)23(17-9-11-25-14-17)10-8-15-4-2-1-3-5-15/h1-5,12,16-17H,6-11,13-14H2. The number of carbonyl (C=O) groups excluding carboxylic acids is 1. The molecule has 1 atom stereocenters. The van der Waals surface area contributed by atoms with Crippen molar-refractivity contribution in [1.82, 2.24) is 19.9 Å². The van der Waals surface area contributed by atoms with Crippen LogP contribution in [0.25, 0.3) is 0 Å². The Hall–Kier alpha value is -2.21. The van der Waals surface area contributed by atoms with Gasteiger partial charge in [-0.3, -0.25) is 4.79 Å². The van der Waals surface area contributed by atoms with Crippen molar-refractivity contribution in [1.29, 1.82) is 0 Å². The van der Waals surface area contributed by atoms with Gasteiger partial charge in [-0.2, -0.15) is 0 Å². The van der Waals surface area contributed by atoms with Crippen molar-refractivity contribution < 1.29 is 9.53 Å². The Morgan fingerprint density at radius 3 is 2.80 bits per heavy atom. The predicted octanol–water partition coefficient (Wildman–Crippen LogP) is 2.02. The molecule has 0 radical (unpaired) electrons. The first-order chi connectivity index (χ1) is 12.3. The molecular weight excluding hydrogens is 316 g/mol. The summed E-state index contributed by atoms with van der Waals surface area (Å²) >= 11 is 0. The van der Waals surface area contributed by atoms with Gasteiger partial charge in [0.15, 0.2) is 0 Å². The van der Waals surface area contributed by atoms with E-state index in [1.807, 2.05) is 29.3 Å². The van der Waals surface area contributed by atoms with Crippen molar-refractivity contribution in [3.63, 3.8) is 0 Å². The summed E-state index contributed by atoms with van der Waals surface area (Å²) in [5, 5.41) is 8.33. The minimum Gasteiger partial charge on any atom is -0.379 e. The highest BCUT2D eigenvalue weighted by atomic mass is 16.5.